The molecule has 0 nitrogen and oxygen atoms in total. The van der Waals surface area contributed by atoms with Gasteiger partial charge in [0.1, 0.15) is 0 Å². The Morgan fingerprint density at radius 2 is 1.86 bits per heavy atom. The first-order chi connectivity index (χ1) is 3.27. The van der Waals surface area contributed by atoms with Gasteiger partial charge in [0, 0.05) is 8.80 Å². The zero-order chi connectivity index (χ0) is 5.70. The molecule has 0 spiro atoms. The van der Waals surface area contributed by atoms with Gasteiger partial charge in [0.25, 0.3) is 0 Å². The molecule has 0 amide bonds. The molecule has 0 heterocycles. The zero-order valence-electron chi connectivity index (χ0n) is 5.62. The lowest BCUT2D eigenvalue weighted by Gasteiger charge is -1.96. The molecule has 0 unspecified atom stereocenters. The molecular weight excluding hydrogens is 100 g/mol. The van der Waals surface area contributed by atoms with Gasteiger partial charge in [0.2, 0.25) is 0 Å². The minimum absolute atomic E-state index is 0.103. The summed E-state index contributed by atoms with van der Waals surface area (Å²) in [5.74, 6) is 0. The van der Waals surface area contributed by atoms with E-state index in [2.05, 4.69) is 20.0 Å². The van der Waals surface area contributed by atoms with Crippen molar-refractivity contribution in [2.75, 3.05) is 0 Å². The lowest BCUT2D eigenvalue weighted by molar-refractivity contribution is 0.875. The van der Waals surface area contributed by atoms with Crippen LogP contribution in [0.15, 0.2) is 0 Å². The Labute approximate surface area is 48.5 Å². The molecule has 1 radical (unpaired) electrons. The molecule has 0 aliphatic carbocycles. The highest BCUT2D eigenvalue weighted by Crippen LogP contribution is 1.98. The smallest absolute Gasteiger partial charge is 0.0412 e. The van der Waals surface area contributed by atoms with E-state index in [9.17, 15) is 0 Å². The molecule has 0 aliphatic rings. The number of unbranched alkanes of at least 4 members (excludes halogenated alkanes) is 1. The summed E-state index contributed by atoms with van der Waals surface area (Å²) in [6.07, 6.45) is 2.82. The minimum atomic E-state index is 0.103. The third-order valence-electron chi connectivity index (χ3n) is 1.03. The van der Waals surface area contributed by atoms with Crippen LogP contribution < -0.4 is 0 Å². The predicted molar refractivity (Wildman–Crippen MR) is 37.2 cm³/mol. The normalized spacial score (nSPS) is 10.3. The maximum absolute atomic E-state index is 2.38. The van der Waals surface area contributed by atoms with E-state index in [0.717, 1.165) is 0 Å². The van der Waals surface area contributed by atoms with Crippen LogP contribution in [0.5, 0.6) is 0 Å². The van der Waals surface area contributed by atoms with Gasteiger partial charge >= 0.3 is 0 Å². The maximum Gasteiger partial charge on any atom is 0.0412 e. The Bertz CT molecular complexity index is 33.2. The Morgan fingerprint density at radius 3 is 2.00 bits per heavy atom. The van der Waals surface area contributed by atoms with Gasteiger partial charge in [-0.15, -0.1) is 0 Å². The summed E-state index contributed by atoms with van der Waals surface area (Å²) in [6, 6.07) is 1.50. The van der Waals surface area contributed by atoms with Crippen LogP contribution in [0.1, 0.15) is 19.8 Å². The van der Waals surface area contributed by atoms with Crippen molar-refractivity contribution in [1.82, 2.24) is 0 Å². The van der Waals surface area contributed by atoms with Crippen LogP contribution in [0.25, 0.3) is 0 Å². The molecule has 1 heteroatoms. The maximum atomic E-state index is 2.38. The monoisotopic (exact) mass is 115 g/mol. The van der Waals surface area contributed by atoms with Crippen LogP contribution in [0.2, 0.25) is 19.1 Å². The topological polar surface area (TPSA) is 0 Å². The highest BCUT2D eigenvalue weighted by Gasteiger charge is 1.91. The van der Waals surface area contributed by atoms with Gasteiger partial charge in [-0.3, -0.25) is 0 Å². The van der Waals surface area contributed by atoms with Crippen LogP contribution in [-0.4, -0.2) is 8.80 Å². The number of rotatable bonds is 3. The van der Waals surface area contributed by atoms with Crippen molar-refractivity contribution in [3.8, 4) is 0 Å². The summed E-state index contributed by atoms with van der Waals surface area (Å²) in [5.41, 5.74) is 0. The highest BCUT2D eigenvalue weighted by molar-refractivity contribution is 6.55. The fourth-order valence-corrected chi connectivity index (χ4v) is 1.59. The summed E-state index contributed by atoms with van der Waals surface area (Å²) in [6.45, 7) is 7.01. The van der Waals surface area contributed by atoms with Crippen LogP contribution in [-0.2, 0) is 0 Å². The van der Waals surface area contributed by atoms with Gasteiger partial charge in [-0.25, -0.2) is 0 Å². The second-order valence-corrected chi connectivity index (χ2v) is 5.22. The van der Waals surface area contributed by atoms with Gasteiger partial charge in [0.05, 0.1) is 0 Å². The average Bonchev–Trinajstić information content (AvgIpc) is 1.61. The predicted octanol–water partition coefficient (Wildman–Crippen LogP) is 2.54. The van der Waals surface area contributed by atoms with E-state index in [1.165, 1.54) is 18.9 Å². The summed E-state index contributed by atoms with van der Waals surface area (Å²) in [7, 11) is 0.103. The van der Waals surface area contributed by atoms with Crippen LogP contribution >= 0.6 is 0 Å². The molecule has 0 aliphatic heterocycles. The molecule has 0 atom stereocenters. The van der Waals surface area contributed by atoms with E-state index in [1.54, 1.807) is 0 Å². The molecule has 0 bridgehead atoms. The number of hydrogen-bond acceptors (Lipinski definition) is 0. The molecule has 0 aromatic heterocycles. The standard InChI is InChI=1S/C6H15Si/c1-4-5-6-7(2)3/h4-6H2,1-3H3. The zero-order valence-corrected chi connectivity index (χ0v) is 6.62. The van der Waals surface area contributed by atoms with E-state index in [-0.39, 0.29) is 8.80 Å². The molecule has 0 aromatic carbocycles. The first-order valence-corrected chi connectivity index (χ1v) is 5.77. The van der Waals surface area contributed by atoms with Gasteiger partial charge in [-0.05, 0) is 0 Å². The second kappa shape index (κ2) is 4.38. The summed E-state index contributed by atoms with van der Waals surface area (Å²) in [5, 5.41) is 0. The van der Waals surface area contributed by atoms with Crippen LogP contribution in [0.4, 0.5) is 0 Å². The third-order valence-corrected chi connectivity index (χ3v) is 2.38. The van der Waals surface area contributed by atoms with Crippen molar-refractivity contribution >= 4 is 8.80 Å². The van der Waals surface area contributed by atoms with E-state index in [4.69, 9.17) is 0 Å². The molecule has 0 saturated heterocycles. The summed E-state index contributed by atoms with van der Waals surface area (Å²) < 4.78 is 0. The van der Waals surface area contributed by atoms with Crippen LogP contribution in [0.3, 0.4) is 0 Å². The average molecular weight is 115 g/mol. The van der Waals surface area contributed by atoms with E-state index >= 15 is 0 Å². The van der Waals surface area contributed by atoms with Crippen molar-refractivity contribution in [1.29, 1.82) is 0 Å². The fourth-order valence-electron chi connectivity index (χ4n) is 0.530. The minimum Gasteiger partial charge on any atom is -0.0713 e. The second-order valence-electron chi connectivity index (χ2n) is 2.31. The van der Waals surface area contributed by atoms with Crippen LogP contribution in [0, 0.1) is 0 Å². The summed E-state index contributed by atoms with van der Waals surface area (Å²) in [4.78, 5) is 0. The van der Waals surface area contributed by atoms with Gasteiger partial charge in [-0.1, -0.05) is 38.9 Å². The van der Waals surface area contributed by atoms with Gasteiger partial charge < -0.3 is 0 Å². The number of hydrogen-bond donors (Lipinski definition) is 0. The van der Waals surface area contributed by atoms with E-state index < -0.39 is 0 Å². The van der Waals surface area contributed by atoms with Crippen molar-refractivity contribution in [2.24, 2.45) is 0 Å². The molecule has 0 rings (SSSR count). The van der Waals surface area contributed by atoms with Crippen molar-refractivity contribution < 1.29 is 0 Å². The lowest BCUT2D eigenvalue weighted by Crippen LogP contribution is -1.96. The SMILES string of the molecule is CCCC[Si](C)C. The first kappa shape index (κ1) is 7.22. The first-order valence-electron chi connectivity index (χ1n) is 3.06. The summed E-state index contributed by atoms with van der Waals surface area (Å²) >= 11 is 0. The highest BCUT2D eigenvalue weighted by atomic mass is 28.3. The Kier molecular flexibility index (Phi) is 4.51. The molecule has 0 saturated carbocycles. The van der Waals surface area contributed by atoms with Crippen molar-refractivity contribution in [3.63, 3.8) is 0 Å². The molecule has 7 heavy (non-hydrogen) atoms. The Balaban J connectivity index is 2.68. The fraction of sp³-hybridized carbons (Fsp3) is 1.00. The molecule has 43 valence electrons. The third kappa shape index (κ3) is 6.22. The van der Waals surface area contributed by atoms with E-state index in [1.807, 2.05) is 0 Å². The Hall–Kier alpha value is 0.217. The molecular formula is C6H15Si. The molecule has 0 aromatic rings. The van der Waals surface area contributed by atoms with Crippen molar-refractivity contribution in [2.45, 2.75) is 38.9 Å². The van der Waals surface area contributed by atoms with E-state index in [0.29, 0.717) is 0 Å². The quantitative estimate of drug-likeness (QED) is 0.496. The van der Waals surface area contributed by atoms with Crippen molar-refractivity contribution in [3.05, 3.63) is 0 Å². The molecule has 0 fully saturated rings. The molecule has 0 N–H and O–H groups in total. The van der Waals surface area contributed by atoms with Gasteiger partial charge in [-0.2, -0.15) is 0 Å². The Morgan fingerprint density at radius 1 is 1.29 bits per heavy atom. The van der Waals surface area contributed by atoms with Gasteiger partial charge in [0.15, 0.2) is 0 Å². The lowest BCUT2D eigenvalue weighted by atomic mass is 10.4. The largest absolute Gasteiger partial charge is 0.0713 e.